The Labute approximate surface area is 112 Å². The smallest absolute Gasteiger partial charge is 0.294 e. The second-order valence-electron chi connectivity index (χ2n) is 3.99. The standard InChI is InChI=1S/C14H14O4S/c15-19(16,17)14-9-5-4-6-12(14)10-11-18-13-7-2-1-3-8-13/h1-9H,10-11H2,(H,15,16,17). The van der Waals surface area contributed by atoms with Crippen LogP contribution >= 0.6 is 0 Å². The number of benzene rings is 2. The number of hydrogen-bond acceptors (Lipinski definition) is 3. The van der Waals surface area contributed by atoms with Crippen molar-refractivity contribution in [1.29, 1.82) is 0 Å². The summed E-state index contributed by atoms with van der Waals surface area (Å²) in [5, 5.41) is 0. The first kappa shape index (κ1) is 13.6. The Balaban J connectivity index is 2.05. The molecule has 5 heteroatoms. The first-order valence-corrected chi connectivity index (χ1v) is 7.24. The van der Waals surface area contributed by atoms with E-state index >= 15 is 0 Å². The highest BCUT2D eigenvalue weighted by Crippen LogP contribution is 2.16. The summed E-state index contributed by atoms with van der Waals surface area (Å²) in [7, 11) is -4.18. The predicted molar refractivity (Wildman–Crippen MR) is 71.9 cm³/mol. The quantitative estimate of drug-likeness (QED) is 0.854. The summed E-state index contributed by atoms with van der Waals surface area (Å²) >= 11 is 0. The predicted octanol–water partition coefficient (Wildman–Crippen LogP) is 2.55. The van der Waals surface area contributed by atoms with Crippen LogP contribution in [0.25, 0.3) is 0 Å². The van der Waals surface area contributed by atoms with Crippen molar-refractivity contribution in [3.63, 3.8) is 0 Å². The average molecular weight is 278 g/mol. The van der Waals surface area contributed by atoms with E-state index in [2.05, 4.69) is 0 Å². The molecule has 0 fully saturated rings. The zero-order valence-electron chi connectivity index (χ0n) is 10.2. The highest BCUT2D eigenvalue weighted by molar-refractivity contribution is 7.85. The molecule has 0 amide bonds. The van der Waals surface area contributed by atoms with Gasteiger partial charge in [-0.1, -0.05) is 36.4 Å². The lowest BCUT2D eigenvalue weighted by Crippen LogP contribution is -2.07. The average Bonchev–Trinajstić information content (AvgIpc) is 2.39. The molecule has 0 bridgehead atoms. The van der Waals surface area contributed by atoms with Gasteiger partial charge in [0.1, 0.15) is 5.75 Å². The number of rotatable bonds is 5. The Morgan fingerprint density at radius 1 is 0.947 bits per heavy atom. The third-order valence-corrected chi connectivity index (χ3v) is 3.59. The molecule has 2 rings (SSSR count). The maximum atomic E-state index is 11.2. The molecule has 1 N–H and O–H groups in total. The van der Waals surface area contributed by atoms with Crippen molar-refractivity contribution < 1.29 is 17.7 Å². The third kappa shape index (κ3) is 3.81. The molecule has 0 aliphatic rings. The molecule has 0 spiro atoms. The molecular formula is C14H14O4S. The van der Waals surface area contributed by atoms with Crippen LogP contribution in [-0.2, 0) is 16.5 Å². The summed E-state index contributed by atoms with van der Waals surface area (Å²) in [6.07, 6.45) is 0.408. The lowest BCUT2D eigenvalue weighted by Gasteiger charge is -2.08. The third-order valence-electron chi connectivity index (χ3n) is 2.63. The zero-order valence-corrected chi connectivity index (χ0v) is 11.0. The van der Waals surface area contributed by atoms with Crippen LogP contribution in [0.4, 0.5) is 0 Å². The summed E-state index contributed by atoms with van der Waals surface area (Å²) in [5.41, 5.74) is 0.543. The maximum absolute atomic E-state index is 11.2. The Morgan fingerprint density at radius 2 is 1.58 bits per heavy atom. The molecule has 0 aromatic heterocycles. The van der Waals surface area contributed by atoms with Crippen LogP contribution in [0.5, 0.6) is 5.75 Å². The highest BCUT2D eigenvalue weighted by atomic mass is 32.2. The Bertz CT molecular complexity index is 636. The summed E-state index contributed by atoms with van der Waals surface area (Å²) in [6, 6.07) is 15.6. The van der Waals surface area contributed by atoms with Gasteiger partial charge >= 0.3 is 0 Å². The van der Waals surface area contributed by atoms with E-state index < -0.39 is 10.1 Å². The molecule has 0 heterocycles. The van der Waals surface area contributed by atoms with E-state index in [0.29, 0.717) is 18.6 Å². The van der Waals surface area contributed by atoms with Gasteiger partial charge in [-0.15, -0.1) is 0 Å². The number of hydrogen-bond donors (Lipinski definition) is 1. The Morgan fingerprint density at radius 3 is 2.26 bits per heavy atom. The van der Waals surface area contributed by atoms with Crippen molar-refractivity contribution >= 4 is 10.1 Å². The zero-order chi connectivity index (χ0) is 13.7. The maximum Gasteiger partial charge on any atom is 0.294 e. The normalized spacial score (nSPS) is 11.2. The molecule has 2 aromatic carbocycles. The van der Waals surface area contributed by atoms with Gasteiger partial charge in [0.05, 0.1) is 11.5 Å². The minimum Gasteiger partial charge on any atom is -0.493 e. The van der Waals surface area contributed by atoms with E-state index in [4.69, 9.17) is 9.29 Å². The molecule has 0 unspecified atom stereocenters. The van der Waals surface area contributed by atoms with Gasteiger partial charge in [0.2, 0.25) is 0 Å². The summed E-state index contributed by atoms with van der Waals surface area (Å²) < 4.78 is 37.0. The Hall–Kier alpha value is -1.85. The van der Waals surface area contributed by atoms with Gasteiger partial charge in [0.15, 0.2) is 0 Å². The van der Waals surface area contributed by atoms with Gasteiger partial charge in [0, 0.05) is 6.42 Å². The van der Waals surface area contributed by atoms with E-state index in [1.54, 1.807) is 18.2 Å². The molecule has 2 aromatic rings. The van der Waals surface area contributed by atoms with E-state index in [0.717, 1.165) is 5.75 Å². The first-order chi connectivity index (χ1) is 9.07. The molecule has 0 aliphatic carbocycles. The molecule has 0 radical (unpaired) electrons. The van der Waals surface area contributed by atoms with Gasteiger partial charge in [-0.2, -0.15) is 8.42 Å². The fourth-order valence-electron chi connectivity index (χ4n) is 1.76. The van der Waals surface area contributed by atoms with Crippen molar-refractivity contribution in [1.82, 2.24) is 0 Å². The van der Waals surface area contributed by atoms with E-state index in [9.17, 15) is 8.42 Å². The SMILES string of the molecule is O=S(=O)(O)c1ccccc1CCOc1ccccc1. The van der Waals surface area contributed by atoms with Crippen molar-refractivity contribution in [3.05, 3.63) is 60.2 Å². The van der Waals surface area contributed by atoms with Gasteiger partial charge in [-0.25, -0.2) is 0 Å². The van der Waals surface area contributed by atoms with Crippen LogP contribution in [-0.4, -0.2) is 19.6 Å². The van der Waals surface area contributed by atoms with Crippen LogP contribution in [0.1, 0.15) is 5.56 Å². The fourth-order valence-corrected chi connectivity index (χ4v) is 2.51. The minimum atomic E-state index is -4.18. The van der Waals surface area contributed by atoms with Gasteiger partial charge in [-0.05, 0) is 23.8 Å². The fraction of sp³-hybridized carbons (Fsp3) is 0.143. The molecule has 4 nitrogen and oxygen atoms in total. The van der Waals surface area contributed by atoms with Crippen LogP contribution in [0.2, 0.25) is 0 Å². The molecule has 0 saturated heterocycles. The number of para-hydroxylation sites is 1. The van der Waals surface area contributed by atoms with E-state index in [1.807, 2.05) is 30.3 Å². The minimum absolute atomic E-state index is 0.0633. The molecule has 100 valence electrons. The summed E-state index contributed by atoms with van der Waals surface area (Å²) in [4.78, 5) is -0.0633. The molecular weight excluding hydrogens is 264 g/mol. The lowest BCUT2D eigenvalue weighted by atomic mass is 10.2. The second-order valence-corrected chi connectivity index (χ2v) is 5.38. The highest BCUT2D eigenvalue weighted by Gasteiger charge is 2.14. The van der Waals surface area contributed by atoms with E-state index in [1.165, 1.54) is 6.07 Å². The molecule has 19 heavy (non-hydrogen) atoms. The largest absolute Gasteiger partial charge is 0.493 e. The Kier molecular flexibility index (Phi) is 4.19. The van der Waals surface area contributed by atoms with Crippen molar-refractivity contribution in [2.24, 2.45) is 0 Å². The first-order valence-electron chi connectivity index (χ1n) is 5.80. The summed E-state index contributed by atoms with van der Waals surface area (Å²) in [6.45, 7) is 0.344. The van der Waals surface area contributed by atoms with Crippen LogP contribution < -0.4 is 4.74 Å². The van der Waals surface area contributed by atoms with Gasteiger partial charge < -0.3 is 4.74 Å². The van der Waals surface area contributed by atoms with Crippen LogP contribution in [0, 0.1) is 0 Å². The molecule has 0 aliphatic heterocycles. The van der Waals surface area contributed by atoms with Gasteiger partial charge in [0.25, 0.3) is 10.1 Å². The monoisotopic (exact) mass is 278 g/mol. The van der Waals surface area contributed by atoms with Crippen molar-refractivity contribution in [2.75, 3.05) is 6.61 Å². The van der Waals surface area contributed by atoms with Crippen LogP contribution in [0.15, 0.2) is 59.5 Å². The molecule has 0 atom stereocenters. The summed E-state index contributed by atoms with van der Waals surface area (Å²) in [5.74, 6) is 0.729. The van der Waals surface area contributed by atoms with Crippen molar-refractivity contribution in [2.45, 2.75) is 11.3 Å². The van der Waals surface area contributed by atoms with Crippen LogP contribution in [0.3, 0.4) is 0 Å². The lowest BCUT2D eigenvalue weighted by molar-refractivity contribution is 0.321. The van der Waals surface area contributed by atoms with Crippen molar-refractivity contribution in [3.8, 4) is 5.75 Å². The number of ether oxygens (including phenoxy) is 1. The second kappa shape index (κ2) is 5.86. The topological polar surface area (TPSA) is 63.6 Å². The molecule has 0 saturated carbocycles. The van der Waals surface area contributed by atoms with E-state index in [-0.39, 0.29) is 4.90 Å². The van der Waals surface area contributed by atoms with Gasteiger partial charge in [-0.3, -0.25) is 4.55 Å².